The minimum Gasteiger partial charge on any atom is -0.343 e. The van der Waals surface area contributed by atoms with Gasteiger partial charge in [-0.15, -0.1) is 0 Å². The molecule has 3 aromatic rings. The van der Waals surface area contributed by atoms with Gasteiger partial charge >= 0.3 is 0 Å². The van der Waals surface area contributed by atoms with Crippen LogP contribution in [0.25, 0.3) is 0 Å². The van der Waals surface area contributed by atoms with Gasteiger partial charge in [-0.05, 0) is 42.7 Å². The standard InChI is InChI=1S/C27H26N4O3/c32-25(17-29-26(33)20-10-7-15-28-16-20)31-22-14-6-11-21(22)27(34)30(18-19-8-2-1-3-9-19)23-12-4-5-13-24(23)31/h1-5,7-10,12-13,15-16,21-22H,6,11,14,17-18H2,(H,29,33)/t21-,22+/m0/s1. The molecule has 0 saturated heterocycles. The molecule has 5 rings (SSSR count). The molecule has 0 radical (unpaired) electrons. The van der Waals surface area contributed by atoms with Crippen molar-refractivity contribution in [2.75, 3.05) is 16.3 Å². The monoisotopic (exact) mass is 454 g/mol. The highest BCUT2D eigenvalue weighted by Crippen LogP contribution is 2.43. The molecule has 1 N–H and O–H groups in total. The summed E-state index contributed by atoms with van der Waals surface area (Å²) in [7, 11) is 0. The van der Waals surface area contributed by atoms with E-state index in [0.29, 0.717) is 17.8 Å². The first-order valence-electron chi connectivity index (χ1n) is 11.6. The molecule has 3 amide bonds. The molecule has 2 atom stereocenters. The number of pyridine rings is 1. The normalized spacial score (nSPS) is 19.2. The maximum absolute atomic E-state index is 13.7. The number of amides is 3. The molecule has 7 nitrogen and oxygen atoms in total. The van der Waals surface area contributed by atoms with Gasteiger partial charge in [-0.3, -0.25) is 19.4 Å². The van der Waals surface area contributed by atoms with E-state index in [1.165, 1.54) is 6.20 Å². The minimum absolute atomic E-state index is 0.0495. The fourth-order valence-corrected chi connectivity index (χ4v) is 5.02. The molecule has 172 valence electrons. The summed E-state index contributed by atoms with van der Waals surface area (Å²) in [6.07, 6.45) is 5.44. The van der Waals surface area contributed by atoms with Gasteiger partial charge in [0.1, 0.15) is 0 Å². The summed E-state index contributed by atoms with van der Waals surface area (Å²) in [5.74, 6) is -0.798. The molecular formula is C27H26N4O3. The molecule has 7 heteroatoms. The van der Waals surface area contributed by atoms with Gasteiger partial charge in [0.2, 0.25) is 11.8 Å². The third-order valence-electron chi connectivity index (χ3n) is 6.60. The van der Waals surface area contributed by atoms with Gasteiger partial charge in [-0.2, -0.15) is 0 Å². The number of nitrogens with zero attached hydrogens (tertiary/aromatic N) is 3. The van der Waals surface area contributed by atoms with E-state index in [2.05, 4.69) is 10.3 Å². The van der Waals surface area contributed by atoms with Crippen molar-refractivity contribution in [2.45, 2.75) is 31.8 Å². The summed E-state index contributed by atoms with van der Waals surface area (Å²) in [5.41, 5.74) is 2.86. The Morgan fingerprint density at radius 3 is 2.47 bits per heavy atom. The van der Waals surface area contributed by atoms with Gasteiger partial charge in [0.15, 0.2) is 0 Å². The number of carbonyl (C=O) groups is 3. The average molecular weight is 455 g/mol. The molecule has 0 bridgehead atoms. The lowest BCUT2D eigenvalue weighted by Gasteiger charge is -2.30. The van der Waals surface area contributed by atoms with Crippen LogP contribution in [0.1, 0.15) is 35.2 Å². The Morgan fingerprint density at radius 1 is 0.941 bits per heavy atom. The van der Waals surface area contributed by atoms with Gasteiger partial charge in [0.05, 0.1) is 35.9 Å². The molecule has 1 aliphatic heterocycles. The van der Waals surface area contributed by atoms with E-state index in [1.54, 1.807) is 23.2 Å². The molecule has 1 aliphatic carbocycles. The molecule has 2 heterocycles. The zero-order valence-corrected chi connectivity index (χ0v) is 18.8. The van der Waals surface area contributed by atoms with Crippen LogP contribution < -0.4 is 15.1 Å². The second-order valence-corrected chi connectivity index (χ2v) is 8.69. The van der Waals surface area contributed by atoms with Crippen LogP contribution in [0.4, 0.5) is 11.4 Å². The number of benzene rings is 2. The zero-order chi connectivity index (χ0) is 23.5. The Morgan fingerprint density at radius 2 is 1.71 bits per heavy atom. The highest BCUT2D eigenvalue weighted by Gasteiger charge is 2.45. The van der Waals surface area contributed by atoms with E-state index in [0.717, 1.165) is 30.5 Å². The third kappa shape index (κ3) is 4.17. The molecule has 1 saturated carbocycles. The van der Waals surface area contributed by atoms with Crippen LogP contribution in [0.3, 0.4) is 0 Å². The maximum atomic E-state index is 13.7. The van der Waals surface area contributed by atoms with Crippen LogP contribution in [-0.4, -0.2) is 35.3 Å². The number of hydrogen-bond donors (Lipinski definition) is 1. The summed E-state index contributed by atoms with van der Waals surface area (Å²) >= 11 is 0. The number of hydrogen-bond acceptors (Lipinski definition) is 4. The highest BCUT2D eigenvalue weighted by atomic mass is 16.2. The lowest BCUT2D eigenvalue weighted by atomic mass is 10.0. The van der Waals surface area contributed by atoms with Crippen molar-refractivity contribution >= 4 is 29.1 Å². The number of fused-ring (bicyclic) bond motifs is 2. The Hall–Kier alpha value is -4.00. The van der Waals surface area contributed by atoms with Crippen LogP contribution in [0.15, 0.2) is 79.1 Å². The fraction of sp³-hybridized carbons (Fsp3) is 0.259. The third-order valence-corrected chi connectivity index (χ3v) is 6.60. The average Bonchev–Trinajstić information content (AvgIpc) is 3.33. The van der Waals surface area contributed by atoms with Crippen LogP contribution in [0.2, 0.25) is 0 Å². The number of aromatic nitrogens is 1. The van der Waals surface area contributed by atoms with E-state index < -0.39 is 0 Å². The molecule has 34 heavy (non-hydrogen) atoms. The molecule has 1 fully saturated rings. The molecule has 2 aliphatic rings. The van der Waals surface area contributed by atoms with Gasteiger partial charge in [0, 0.05) is 18.4 Å². The Labute approximate surface area is 198 Å². The quantitative estimate of drug-likeness (QED) is 0.639. The first-order valence-corrected chi connectivity index (χ1v) is 11.6. The summed E-state index contributed by atoms with van der Waals surface area (Å²) in [5, 5.41) is 2.72. The minimum atomic E-state index is -0.352. The van der Waals surface area contributed by atoms with E-state index in [1.807, 2.05) is 59.5 Å². The Bertz CT molecular complexity index is 1200. The molecular weight excluding hydrogens is 428 g/mol. The van der Waals surface area contributed by atoms with Crippen molar-refractivity contribution in [3.05, 3.63) is 90.3 Å². The second-order valence-electron chi connectivity index (χ2n) is 8.69. The summed E-state index contributed by atoms with van der Waals surface area (Å²) in [4.78, 5) is 47.3. The topological polar surface area (TPSA) is 82.6 Å². The molecule has 2 aromatic carbocycles. The van der Waals surface area contributed by atoms with Crippen molar-refractivity contribution in [3.63, 3.8) is 0 Å². The number of para-hydroxylation sites is 2. The summed E-state index contributed by atoms with van der Waals surface area (Å²) < 4.78 is 0. The van der Waals surface area contributed by atoms with Crippen LogP contribution in [-0.2, 0) is 16.1 Å². The first-order chi connectivity index (χ1) is 16.6. The maximum Gasteiger partial charge on any atom is 0.253 e. The molecule has 0 spiro atoms. The van der Waals surface area contributed by atoms with Crippen molar-refractivity contribution in [1.82, 2.24) is 10.3 Å². The van der Waals surface area contributed by atoms with Crippen LogP contribution >= 0.6 is 0 Å². The number of anilines is 2. The number of carbonyl (C=O) groups excluding carboxylic acids is 3. The fourth-order valence-electron chi connectivity index (χ4n) is 5.02. The van der Waals surface area contributed by atoms with Gasteiger partial charge < -0.3 is 15.1 Å². The van der Waals surface area contributed by atoms with E-state index in [-0.39, 0.29) is 36.2 Å². The Kier molecular flexibility index (Phi) is 6.08. The second kappa shape index (κ2) is 9.47. The number of nitrogens with one attached hydrogen (secondary N) is 1. The number of rotatable bonds is 5. The summed E-state index contributed by atoms with van der Waals surface area (Å²) in [6, 6.07) is 20.5. The predicted molar refractivity (Wildman–Crippen MR) is 129 cm³/mol. The van der Waals surface area contributed by atoms with Gasteiger partial charge in [-0.1, -0.05) is 48.9 Å². The van der Waals surface area contributed by atoms with Gasteiger partial charge in [0.25, 0.3) is 5.91 Å². The first kappa shape index (κ1) is 21.8. The Balaban J connectivity index is 1.46. The lowest BCUT2D eigenvalue weighted by Crippen LogP contribution is -2.48. The predicted octanol–water partition coefficient (Wildman–Crippen LogP) is 3.56. The van der Waals surface area contributed by atoms with Crippen LogP contribution in [0.5, 0.6) is 0 Å². The summed E-state index contributed by atoms with van der Waals surface area (Å²) in [6.45, 7) is 0.290. The van der Waals surface area contributed by atoms with E-state index >= 15 is 0 Å². The largest absolute Gasteiger partial charge is 0.343 e. The van der Waals surface area contributed by atoms with Crippen molar-refractivity contribution in [1.29, 1.82) is 0 Å². The highest BCUT2D eigenvalue weighted by molar-refractivity contribution is 6.08. The van der Waals surface area contributed by atoms with Crippen molar-refractivity contribution in [2.24, 2.45) is 5.92 Å². The molecule has 1 aromatic heterocycles. The van der Waals surface area contributed by atoms with E-state index in [4.69, 9.17) is 0 Å². The van der Waals surface area contributed by atoms with Crippen molar-refractivity contribution in [3.8, 4) is 0 Å². The smallest absolute Gasteiger partial charge is 0.253 e. The van der Waals surface area contributed by atoms with E-state index in [9.17, 15) is 14.4 Å². The van der Waals surface area contributed by atoms with Crippen LogP contribution in [0, 0.1) is 5.92 Å². The zero-order valence-electron chi connectivity index (χ0n) is 18.8. The van der Waals surface area contributed by atoms with Crippen molar-refractivity contribution < 1.29 is 14.4 Å². The lowest BCUT2D eigenvalue weighted by molar-refractivity contribution is -0.123. The van der Waals surface area contributed by atoms with Gasteiger partial charge in [-0.25, -0.2) is 0 Å². The molecule has 0 unspecified atom stereocenters. The SMILES string of the molecule is O=C(NCC(=O)N1c2ccccc2N(Cc2ccccc2)C(=O)[C@H]2CCC[C@H]21)c1cccnc1.